The van der Waals surface area contributed by atoms with Crippen LogP contribution in [0.1, 0.15) is 30.1 Å². The van der Waals surface area contributed by atoms with Crippen LogP contribution in [0.5, 0.6) is 0 Å². The summed E-state index contributed by atoms with van der Waals surface area (Å²) in [6, 6.07) is 7.95. The van der Waals surface area contributed by atoms with Gasteiger partial charge in [0.05, 0.1) is 23.8 Å². The molecule has 0 bridgehead atoms. The number of hydrogen-bond donors (Lipinski definition) is 3. The highest BCUT2D eigenvalue weighted by Gasteiger charge is 2.26. The zero-order chi connectivity index (χ0) is 18.5. The van der Waals surface area contributed by atoms with Gasteiger partial charge in [-0.25, -0.2) is 4.98 Å². The minimum Gasteiger partial charge on any atom is -0.360 e. The van der Waals surface area contributed by atoms with E-state index < -0.39 is 0 Å². The Morgan fingerprint density at radius 3 is 2.96 bits per heavy atom. The van der Waals surface area contributed by atoms with Crippen molar-refractivity contribution in [3.8, 4) is 11.3 Å². The molecule has 0 atom stereocenters. The summed E-state index contributed by atoms with van der Waals surface area (Å²) in [7, 11) is 0. The maximum atomic E-state index is 5.90. The number of nitrogens with zero attached hydrogens (tertiary/aromatic N) is 4. The molecule has 6 rings (SSSR count). The van der Waals surface area contributed by atoms with Crippen LogP contribution in [-0.2, 0) is 4.84 Å². The molecular formula is C20H17N7O. The molecule has 1 aliphatic carbocycles. The molecule has 1 aromatic carbocycles. The Morgan fingerprint density at radius 2 is 2.11 bits per heavy atom. The number of nitrogens with one attached hydrogen (secondary N) is 3. The highest BCUT2D eigenvalue weighted by atomic mass is 16.7. The second-order valence-corrected chi connectivity index (χ2v) is 7.03. The SMILES string of the molecule is C1=C(c2ccn[nH]2)ON(c2ccc3[nH]cc(-c4cncc(C5CC5)n4)c3c2)N1. The molecule has 3 aromatic heterocycles. The molecular weight excluding hydrogens is 354 g/mol. The third-order valence-electron chi connectivity index (χ3n) is 5.09. The lowest BCUT2D eigenvalue weighted by molar-refractivity contribution is 0.243. The average molecular weight is 371 g/mol. The molecule has 28 heavy (non-hydrogen) atoms. The van der Waals surface area contributed by atoms with Crippen LogP contribution in [0.15, 0.2) is 55.3 Å². The summed E-state index contributed by atoms with van der Waals surface area (Å²) in [5, 5.41) is 9.55. The molecule has 1 aliphatic heterocycles. The number of rotatable bonds is 4. The Hall–Kier alpha value is -3.81. The highest BCUT2D eigenvalue weighted by molar-refractivity contribution is 5.96. The summed E-state index contributed by atoms with van der Waals surface area (Å²) < 4.78 is 0. The van der Waals surface area contributed by atoms with E-state index in [0.29, 0.717) is 11.7 Å². The van der Waals surface area contributed by atoms with E-state index >= 15 is 0 Å². The maximum Gasteiger partial charge on any atom is 0.200 e. The average Bonchev–Trinajstić information content (AvgIpc) is 3.14. The Bertz CT molecular complexity index is 1190. The third kappa shape index (κ3) is 2.50. The van der Waals surface area contributed by atoms with Crippen molar-refractivity contribution in [2.45, 2.75) is 18.8 Å². The van der Waals surface area contributed by atoms with Gasteiger partial charge in [0.15, 0.2) is 5.76 Å². The van der Waals surface area contributed by atoms with E-state index in [2.05, 4.69) is 31.7 Å². The summed E-state index contributed by atoms with van der Waals surface area (Å²) in [6.45, 7) is 0. The van der Waals surface area contributed by atoms with Crippen molar-refractivity contribution >= 4 is 22.3 Å². The second kappa shape index (κ2) is 5.85. The Balaban J connectivity index is 1.34. The molecule has 0 saturated heterocycles. The van der Waals surface area contributed by atoms with Gasteiger partial charge in [0.1, 0.15) is 11.4 Å². The minimum atomic E-state index is 0.572. The first-order valence-electron chi connectivity index (χ1n) is 9.23. The molecule has 3 N–H and O–H groups in total. The number of hydrogen-bond acceptors (Lipinski definition) is 6. The second-order valence-electron chi connectivity index (χ2n) is 7.03. The predicted molar refractivity (Wildman–Crippen MR) is 105 cm³/mol. The number of fused-ring (bicyclic) bond motifs is 1. The first-order valence-corrected chi connectivity index (χ1v) is 9.23. The summed E-state index contributed by atoms with van der Waals surface area (Å²) in [5.41, 5.74) is 8.86. The number of benzene rings is 1. The van der Waals surface area contributed by atoms with Gasteiger partial charge < -0.3 is 9.82 Å². The zero-order valence-electron chi connectivity index (χ0n) is 14.9. The van der Waals surface area contributed by atoms with E-state index in [4.69, 9.17) is 9.82 Å². The monoisotopic (exact) mass is 371 g/mol. The summed E-state index contributed by atoms with van der Waals surface area (Å²) >= 11 is 0. The molecule has 0 amide bonds. The summed E-state index contributed by atoms with van der Waals surface area (Å²) in [4.78, 5) is 18.5. The Labute approximate surface area is 160 Å². The number of anilines is 1. The Kier molecular flexibility index (Phi) is 3.19. The van der Waals surface area contributed by atoms with Crippen molar-refractivity contribution in [2.75, 3.05) is 5.17 Å². The van der Waals surface area contributed by atoms with Gasteiger partial charge in [-0.15, -0.1) is 5.17 Å². The van der Waals surface area contributed by atoms with E-state index in [0.717, 1.165) is 39.2 Å². The quantitative estimate of drug-likeness (QED) is 0.508. The molecule has 0 radical (unpaired) electrons. The lowest BCUT2D eigenvalue weighted by atomic mass is 10.1. The topological polar surface area (TPSA) is 94.8 Å². The van der Waals surface area contributed by atoms with Gasteiger partial charge in [0, 0.05) is 41.0 Å². The predicted octanol–water partition coefficient (Wildman–Crippen LogP) is 3.48. The van der Waals surface area contributed by atoms with Gasteiger partial charge in [-0.1, -0.05) is 0 Å². The van der Waals surface area contributed by atoms with Crippen molar-refractivity contribution in [2.24, 2.45) is 0 Å². The molecule has 8 heteroatoms. The smallest absolute Gasteiger partial charge is 0.200 e. The molecule has 4 aromatic rings. The van der Waals surface area contributed by atoms with E-state index in [9.17, 15) is 0 Å². The first kappa shape index (κ1) is 15.3. The largest absolute Gasteiger partial charge is 0.360 e. The van der Waals surface area contributed by atoms with Crippen molar-refractivity contribution in [1.82, 2.24) is 30.6 Å². The van der Waals surface area contributed by atoms with E-state index in [-0.39, 0.29) is 0 Å². The molecule has 138 valence electrons. The van der Waals surface area contributed by atoms with Crippen LogP contribution in [-0.4, -0.2) is 25.1 Å². The lowest BCUT2D eigenvalue weighted by Gasteiger charge is -2.17. The van der Waals surface area contributed by atoms with Crippen LogP contribution in [0.25, 0.3) is 27.9 Å². The highest BCUT2D eigenvalue weighted by Crippen LogP contribution is 2.39. The van der Waals surface area contributed by atoms with Crippen LogP contribution >= 0.6 is 0 Å². The molecule has 2 aliphatic rings. The summed E-state index contributed by atoms with van der Waals surface area (Å²) in [5.74, 6) is 1.25. The van der Waals surface area contributed by atoms with Crippen LogP contribution in [0.2, 0.25) is 0 Å². The number of hydrazine groups is 1. The lowest BCUT2D eigenvalue weighted by Crippen LogP contribution is -2.28. The zero-order valence-corrected chi connectivity index (χ0v) is 14.9. The van der Waals surface area contributed by atoms with Gasteiger partial charge >= 0.3 is 0 Å². The number of aromatic amines is 2. The van der Waals surface area contributed by atoms with Crippen molar-refractivity contribution < 1.29 is 4.84 Å². The van der Waals surface area contributed by atoms with Gasteiger partial charge in [-0.3, -0.25) is 15.5 Å². The molecule has 4 heterocycles. The van der Waals surface area contributed by atoms with E-state index in [1.165, 1.54) is 12.8 Å². The van der Waals surface area contributed by atoms with Crippen molar-refractivity contribution in [1.29, 1.82) is 0 Å². The fourth-order valence-electron chi connectivity index (χ4n) is 3.45. The van der Waals surface area contributed by atoms with Gasteiger partial charge in [0.2, 0.25) is 0 Å². The Morgan fingerprint density at radius 1 is 1.14 bits per heavy atom. The first-order chi connectivity index (χ1) is 13.8. The fourth-order valence-corrected chi connectivity index (χ4v) is 3.45. The fraction of sp³-hybridized carbons (Fsp3) is 0.150. The van der Waals surface area contributed by atoms with Gasteiger partial charge in [0.25, 0.3) is 0 Å². The number of aromatic nitrogens is 5. The third-order valence-corrected chi connectivity index (χ3v) is 5.09. The minimum absolute atomic E-state index is 0.572. The van der Waals surface area contributed by atoms with Crippen molar-refractivity contribution in [3.63, 3.8) is 0 Å². The molecule has 0 spiro atoms. The molecule has 8 nitrogen and oxygen atoms in total. The summed E-state index contributed by atoms with van der Waals surface area (Å²) in [6.07, 6.45) is 11.6. The normalized spacial score (nSPS) is 16.1. The van der Waals surface area contributed by atoms with E-state index in [1.807, 2.05) is 36.8 Å². The molecule has 1 fully saturated rings. The van der Waals surface area contributed by atoms with Crippen molar-refractivity contribution in [3.05, 3.63) is 66.6 Å². The standard InChI is InChI=1S/C20H17N7O/c1-2-12(1)18-9-21-10-19(25-18)15-8-22-16-4-3-13(7-14(15)16)27-24-11-20(28-27)17-5-6-23-26-17/h3-12,22,24H,1-2H2,(H,23,26). The van der Waals surface area contributed by atoms with Crippen LogP contribution in [0, 0.1) is 0 Å². The van der Waals surface area contributed by atoms with Crippen LogP contribution in [0.3, 0.4) is 0 Å². The van der Waals surface area contributed by atoms with Crippen LogP contribution < -0.4 is 10.6 Å². The maximum absolute atomic E-state index is 5.90. The molecule has 0 unspecified atom stereocenters. The number of H-pyrrole nitrogens is 2. The van der Waals surface area contributed by atoms with Crippen LogP contribution in [0.4, 0.5) is 5.69 Å². The van der Waals surface area contributed by atoms with E-state index in [1.54, 1.807) is 17.6 Å². The van der Waals surface area contributed by atoms with Gasteiger partial charge in [-0.2, -0.15) is 5.10 Å². The van der Waals surface area contributed by atoms with Gasteiger partial charge in [-0.05, 0) is 37.1 Å². The molecule has 1 saturated carbocycles.